The average Bonchev–Trinajstić information content (AvgIpc) is 3.35. The first-order chi connectivity index (χ1) is 34.0. The molecule has 0 radical (unpaired) electrons. The molecule has 6 nitrogen and oxygen atoms in total. The molecule has 0 heterocycles. The number of unbranched alkanes of at least 4 members (excludes halogenated alkanes) is 27. The van der Waals surface area contributed by atoms with E-state index in [2.05, 4.69) is 106 Å². The minimum absolute atomic E-state index is 0.0823. The standard InChI is InChI=1S/C63H108O6/c1-4-7-10-13-15-17-19-21-23-25-27-29-30-31-32-34-35-37-39-41-43-45-47-50-53-56-62(65)68-59-60(58-67-61(64)55-52-49-12-9-6-3)69-63(66)57-54-51-48-46-44-42-40-38-36-33-28-26-24-22-20-18-16-14-11-8-5-2/h7,10,15,17,20-23,26-29,36,38,60H,4-6,8-9,11-14,16,18-19,24-25,30-35,37,39-59H2,1-3H3/b10-7-,17-15-,22-20-,23-21-,28-26-,29-27-,38-36-. The van der Waals surface area contributed by atoms with E-state index in [1.807, 2.05) is 0 Å². The van der Waals surface area contributed by atoms with Crippen molar-refractivity contribution >= 4 is 17.9 Å². The number of hydrogen-bond acceptors (Lipinski definition) is 6. The Balaban J connectivity index is 4.11. The molecule has 0 aliphatic carbocycles. The van der Waals surface area contributed by atoms with Gasteiger partial charge in [0.05, 0.1) is 0 Å². The van der Waals surface area contributed by atoms with E-state index in [0.717, 1.165) is 116 Å². The molecule has 0 aliphatic rings. The van der Waals surface area contributed by atoms with E-state index >= 15 is 0 Å². The maximum Gasteiger partial charge on any atom is 0.306 e. The maximum absolute atomic E-state index is 12.8. The molecule has 69 heavy (non-hydrogen) atoms. The average molecular weight is 962 g/mol. The highest BCUT2D eigenvalue weighted by Gasteiger charge is 2.19. The Bertz CT molecular complexity index is 1330. The highest BCUT2D eigenvalue weighted by molar-refractivity contribution is 5.71. The van der Waals surface area contributed by atoms with Crippen LogP contribution in [0.5, 0.6) is 0 Å². The first-order valence-corrected chi connectivity index (χ1v) is 29.1. The lowest BCUT2D eigenvalue weighted by Gasteiger charge is -2.18. The quantitative estimate of drug-likeness (QED) is 0.0262. The fourth-order valence-electron chi connectivity index (χ4n) is 8.03. The smallest absolute Gasteiger partial charge is 0.306 e. The third-order valence-electron chi connectivity index (χ3n) is 12.4. The second kappa shape index (κ2) is 57.2. The highest BCUT2D eigenvalue weighted by Crippen LogP contribution is 2.15. The van der Waals surface area contributed by atoms with Crippen LogP contribution in [0.4, 0.5) is 0 Å². The first-order valence-electron chi connectivity index (χ1n) is 29.1. The third-order valence-corrected chi connectivity index (χ3v) is 12.4. The molecular weight excluding hydrogens is 853 g/mol. The van der Waals surface area contributed by atoms with E-state index in [0.29, 0.717) is 19.3 Å². The highest BCUT2D eigenvalue weighted by atomic mass is 16.6. The zero-order valence-corrected chi connectivity index (χ0v) is 45.3. The molecule has 0 rings (SSSR count). The molecule has 396 valence electrons. The van der Waals surface area contributed by atoms with Gasteiger partial charge in [0.15, 0.2) is 6.10 Å². The predicted octanol–water partition coefficient (Wildman–Crippen LogP) is 19.5. The summed E-state index contributed by atoms with van der Waals surface area (Å²) in [5.41, 5.74) is 0. The van der Waals surface area contributed by atoms with Gasteiger partial charge in [0.2, 0.25) is 0 Å². The van der Waals surface area contributed by atoms with Crippen molar-refractivity contribution < 1.29 is 28.6 Å². The van der Waals surface area contributed by atoms with Crippen molar-refractivity contribution in [2.24, 2.45) is 0 Å². The zero-order valence-electron chi connectivity index (χ0n) is 45.3. The van der Waals surface area contributed by atoms with Gasteiger partial charge in [0, 0.05) is 19.3 Å². The molecule has 0 amide bonds. The van der Waals surface area contributed by atoms with Crippen molar-refractivity contribution in [3.05, 3.63) is 85.1 Å². The summed E-state index contributed by atoms with van der Waals surface area (Å²) in [7, 11) is 0. The molecule has 0 saturated heterocycles. The van der Waals surface area contributed by atoms with Gasteiger partial charge >= 0.3 is 17.9 Å². The van der Waals surface area contributed by atoms with Crippen LogP contribution in [0.3, 0.4) is 0 Å². The van der Waals surface area contributed by atoms with E-state index < -0.39 is 6.10 Å². The number of hydrogen-bond donors (Lipinski definition) is 0. The Kier molecular flexibility index (Phi) is 54.3. The lowest BCUT2D eigenvalue weighted by atomic mass is 10.0. The third kappa shape index (κ3) is 55.4. The van der Waals surface area contributed by atoms with Gasteiger partial charge in [-0.15, -0.1) is 0 Å². The number of carbonyl (C=O) groups is 3. The molecule has 0 aromatic carbocycles. The molecule has 0 aliphatic heterocycles. The van der Waals surface area contributed by atoms with Gasteiger partial charge in [-0.05, 0) is 96.3 Å². The summed E-state index contributed by atoms with van der Waals surface area (Å²) in [5, 5.41) is 0. The SMILES string of the molecule is CC/C=C\C/C=C\C/C=C\C/C=C\CCCCCCCCCCCCCCC(=O)OCC(COC(=O)CCCCCCC)OC(=O)CCCCCCCC/C=C\C/C=C\C/C=C\CCCCCCC. The van der Waals surface area contributed by atoms with E-state index in [1.165, 1.54) is 122 Å². The summed E-state index contributed by atoms with van der Waals surface area (Å²) in [4.78, 5) is 37.8. The number of allylic oxidation sites excluding steroid dienone is 14. The summed E-state index contributed by atoms with van der Waals surface area (Å²) in [6.07, 6.45) is 74.8. The Morgan fingerprint density at radius 3 is 0.884 bits per heavy atom. The fourth-order valence-corrected chi connectivity index (χ4v) is 8.03. The van der Waals surface area contributed by atoms with Gasteiger partial charge in [-0.3, -0.25) is 14.4 Å². The van der Waals surface area contributed by atoms with Crippen molar-refractivity contribution in [2.75, 3.05) is 13.2 Å². The molecule has 1 unspecified atom stereocenters. The van der Waals surface area contributed by atoms with Crippen molar-refractivity contribution in [1.29, 1.82) is 0 Å². The summed E-state index contributed by atoms with van der Waals surface area (Å²) in [5.74, 6) is -0.906. The summed E-state index contributed by atoms with van der Waals surface area (Å²) >= 11 is 0. The zero-order chi connectivity index (χ0) is 50.0. The Morgan fingerprint density at radius 1 is 0.304 bits per heavy atom. The largest absolute Gasteiger partial charge is 0.462 e. The molecule has 0 fully saturated rings. The summed E-state index contributed by atoms with van der Waals surface area (Å²) in [6, 6.07) is 0. The van der Waals surface area contributed by atoms with Crippen LogP contribution >= 0.6 is 0 Å². The van der Waals surface area contributed by atoms with E-state index in [4.69, 9.17) is 14.2 Å². The molecule has 0 spiro atoms. The van der Waals surface area contributed by atoms with Crippen LogP contribution in [0.15, 0.2) is 85.1 Å². The Labute approximate surface area is 426 Å². The van der Waals surface area contributed by atoms with Gasteiger partial charge < -0.3 is 14.2 Å². The monoisotopic (exact) mass is 961 g/mol. The first kappa shape index (κ1) is 65.6. The van der Waals surface area contributed by atoms with E-state index in [9.17, 15) is 14.4 Å². The topological polar surface area (TPSA) is 78.9 Å². The van der Waals surface area contributed by atoms with Gasteiger partial charge in [0.25, 0.3) is 0 Å². The molecule has 0 aromatic heterocycles. The molecular formula is C63H108O6. The van der Waals surface area contributed by atoms with Crippen LogP contribution in [0.25, 0.3) is 0 Å². The lowest BCUT2D eigenvalue weighted by Crippen LogP contribution is -2.30. The minimum atomic E-state index is -0.781. The fraction of sp³-hybridized carbons (Fsp3) is 0.730. The second-order valence-corrected chi connectivity index (χ2v) is 19.2. The molecule has 0 N–H and O–H groups in total. The minimum Gasteiger partial charge on any atom is -0.462 e. The van der Waals surface area contributed by atoms with Crippen molar-refractivity contribution in [2.45, 2.75) is 284 Å². The number of rotatable bonds is 52. The maximum atomic E-state index is 12.8. The van der Waals surface area contributed by atoms with Crippen LogP contribution in [0.2, 0.25) is 0 Å². The molecule has 0 saturated carbocycles. The molecule has 1 atom stereocenters. The Morgan fingerprint density at radius 2 is 0.565 bits per heavy atom. The molecule has 6 heteroatoms. The Hall–Kier alpha value is -3.41. The van der Waals surface area contributed by atoms with E-state index in [-0.39, 0.29) is 31.1 Å². The van der Waals surface area contributed by atoms with E-state index in [1.54, 1.807) is 0 Å². The van der Waals surface area contributed by atoms with Crippen LogP contribution in [0.1, 0.15) is 278 Å². The predicted molar refractivity (Wildman–Crippen MR) is 297 cm³/mol. The van der Waals surface area contributed by atoms with Gasteiger partial charge in [0.1, 0.15) is 13.2 Å². The summed E-state index contributed by atoms with van der Waals surface area (Å²) < 4.78 is 16.7. The van der Waals surface area contributed by atoms with Crippen LogP contribution in [-0.2, 0) is 28.6 Å². The van der Waals surface area contributed by atoms with Gasteiger partial charge in [-0.1, -0.05) is 247 Å². The lowest BCUT2D eigenvalue weighted by molar-refractivity contribution is -0.167. The van der Waals surface area contributed by atoms with Crippen molar-refractivity contribution in [3.63, 3.8) is 0 Å². The number of esters is 3. The van der Waals surface area contributed by atoms with Crippen LogP contribution in [-0.4, -0.2) is 37.2 Å². The van der Waals surface area contributed by atoms with Crippen molar-refractivity contribution in [3.8, 4) is 0 Å². The van der Waals surface area contributed by atoms with Crippen LogP contribution < -0.4 is 0 Å². The summed E-state index contributed by atoms with van der Waals surface area (Å²) in [6.45, 7) is 6.43. The molecule has 0 aromatic rings. The number of carbonyl (C=O) groups excluding carboxylic acids is 3. The van der Waals surface area contributed by atoms with Gasteiger partial charge in [-0.2, -0.15) is 0 Å². The molecule has 0 bridgehead atoms. The normalized spacial score (nSPS) is 12.7. The van der Waals surface area contributed by atoms with Gasteiger partial charge in [-0.25, -0.2) is 0 Å². The second-order valence-electron chi connectivity index (χ2n) is 19.2. The van der Waals surface area contributed by atoms with Crippen LogP contribution in [0, 0.1) is 0 Å². The number of ether oxygens (including phenoxy) is 3. The van der Waals surface area contributed by atoms with Crippen molar-refractivity contribution in [1.82, 2.24) is 0 Å².